The van der Waals surface area contributed by atoms with Crippen LogP contribution < -0.4 is 11.1 Å². The Hall–Kier alpha value is -0.570. The number of nitrogens with one attached hydrogen (secondary N) is 1. The van der Waals surface area contributed by atoms with Crippen molar-refractivity contribution in [2.24, 2.45) is 22.1 Å². The van der Waals surface area contributed by atoms with E-state index in [0.717, 1.165) is 51.3 Å². The number of halogens is 1. The van der Waals surface area contributed by atoms with Crippen LogP contribution >= 0.6 is 24.0 Å². The topological polar surface area (TPSA) is 79.9 Å². The maximum atomic E-state index is 11.2. The van der Waals surface area contributed by atoms with Crippen LogP contribution in [-0.4, -0.2) is 55.7 Å². The molecule has 0 aromatic heterocycles. The van der Waals surface area contributed by atoms with E-state index in [4.69, 9.17) is 10.5 Å². The first-order valence-corrected chi connectivity index (χ1v) is 9.76. The third kappa shape index (κ3) is 5.97. The van der Waals surface area contributed by atoms with Crippen LogP contribution in [0.25, 0.3) is 0 Å². The van der Waals surface area contributed by atoms with E-state index in [9.17, 15) is 4.79 Å². The monoisotopic (exact) mass is 480 g/mol. The molecule has 0 bridgehead atoms. The Balaban J connectivity index is 0.00000338. The van der Waals surface area contributed by atoms with Crippen LogP contribution in [0.15, 0.2) is 4.99 Å². The van der Waals surface area contributed by atoms with Gasteiger partial charge < -0.3 is 20.7 Å². The SMILES string of the molecule is CCCCOC1CC(NC(=NC)N2CCCC(CC(N)=O)C2)C1(C)C.I. The van der Waals surface area contributed by atoms with Crippen molar-refractivity contribution in [3.8, 4) is 0 Å². The zero-order valence-electron chi connectivity index (χ0n) is 16.8. The number of unbranched alkanes of at least 4 members (excludes halogenated alkanes) is 1. The Morgan fingerprint density at radius 2 is 2.15 bits per heavy atom. The van der Waals surface area contributed by atoms with E-state index in [1.165, 1.54) is 6.42 Å². The summed E-state index contributed by atoms with van der Waals surface area (Å²) in [7, 11) is 1.83. The van der Waals surface area contributed by atoms with Gasteiger partial charge in [-0.2, -0.15) is 0 Å². The summed E-state index contributed by atoms with van der Waals surface area (Å²) in [6.45, 7) is 9.42. The molecular formula is C19H37IN4O2. The molecule has 0 radical (unpaired) electrons. The largest absolute Gasteiger partial charge is 0.378 e. The van der Waals surface area contributed by atoms with Crippen LogP contribution in [0.3, 0.4) is 0 Å². The van der Waals surface area contributed by atoms with Crippen LogP contribution in [-0.2, 0) is 9.53 Å². The van der Waals surface area contributed by atoms with Crippen molar-refractivity contribution in [3.05, 3.63) is 0 Å². The molecule has 3 unspecified atom stereocenters. The van der Waals surface area contributed by atoms with Crippen LogP contribution in [0.1, 0.15) is 59.3 Å². The van der Waals surface area contributed by atoms with Gasteiger partial charge in [-0.15, -0.1) is 24.0 Å². The lowest BCUT2D eigenvalue weighted by Crippen LogP contribution is -2.64. The third-order valence-electron chi connectivity index (χ3n) is 5.82. The number of hydrogen-bond acceptors (Lipinski definition) is 3. The maximum Gasteiger partial charge on any atom is 0.217 e. The maximum absolute atomic E-state index is 11.2. The van der Waals surface area contributed by atoms with Gasteiger partial charge in [-0.25, -0.2) is 0 Å². The fraction of sp³-hybridized carbons (Fsp3) is 0.895. The molecule has 2 rings (SSSR count). The highest BCUT2D eigenvalue weighted by molar-refractivity contribution is 14.0. The summed E-state index contributed by atoms with van der Waals surface area (Å²) in [5, 5.41) is 3.64. The van der Waals surface area contributed by atoms with Gasteiger partial charge in [-0.3, -0.25) is 9.79 Å². The van der Waals surface area contributed by atoms with E-state index >= 15 is 0 Å². The number of ether oxygens (including phenoxy) is 1. The molecule has 1 aliphatic carbocycles. The van der Waals surface area contributed by atoms with Gasteiger partial charge in [0.15, 0.2) is 5.96 Å². The lowest BCUT2D eigenvalue weighted by molar-refractivity contribution is -0.119. The molecule has 1 aliphatic heterocycles. The minimum absolute atomic E-state index is 0. The molecule has 2 fully saturated rings. The van der Waals surface area contributed by atoms with E-state index in [1.807, 2.05) is 7.05 Å². The van der Waals surface area contributed by atoms with E-state index in [2.05, 4.69) is 36.0 Å². The lowest BCUT2D eigenvalue weighted by Gasteiger charge is -2.52. The fourth-order valence-corrected chi connectivity index (χ4v) is 3.94. The number of nitrogens with two attached hydrogens (primary N) is 1. The smallest absolute Gasteiger partial charge is 0.217 e. The van der Waals surface area contributed by atoms with Crippen LogP contribution in [0.5, 0.6) is 0 Å². The number of carbonyl (C=O) groups is 1. The predicted molar refractivity (Wildman–Crippen MR) is 117 cm³/mol. The molecular weight excluding hydrogens is 443 g/mol. The van der Waals surface area contributed by atoms with Gasteiger partial charge in [0.05, 0.1) is 6.10 Å². The number of likely N-dealkylation sites (tertiary alicyclic amines) is 1. The number of piperidine rings is 1. The van der Waals surface area contributed by atoms with Gasteiger partial charge >= 0.3 is 0 Å². The normalized spacial score (nSPS) is 28.1. The molecule has 1 heterocycles. The lowest BCUT2D eigenvalue weighted by atomic mass is 9.64. The summed E-state index contributed by atoms with van der Waals surface area (Å²) in [6, 6.07) is 0.370. The molecule has 3 N–H and O–H groups in total. The molecule has 26 heavy (non-hydrogen) atoms. The summed E-state index contributed by atoms with van der Waals surface area (Å²) >= 11 is 0. The number of primary amides is 1. The van der Waals surface area contributed by atoms with Gasteiger partial charge in [0, 0.05) is 44.6 Å². The second-order valence-electron chi connectivity index (χ2n) is 8.14. The Labute approximate surface area is 175 Å². The van der Waals surface area contributed by atoms with Crippen molar-refractivity contribution in [2.45, 2.75) is 71.4 Å². The average molecular weight is 480 g/mol. The Morgan fingerprint density at radius 1 is 1.42 bits per heavy atom. The molecule has 0 spiro atoms. The predicted octanol–water partition coefficient (Wildman–Crippen LogP) is 2.75. The van der Waals surface area contributed by atoms with Crippen molar-refractivity contribution < 1.29 is 9.53 Å². The molecule has 1 amide bonds. The first-order chi connectivity index (χ1) is 11.9. The highest BCUT2D eigenvalue weighted by Gasteiger charge is 2.49. The molecule has 6 nitrogen and oxygen atoms in total. The van der Waals surface area contributed by atoms with Crippen LogP contribution in [0.2, 0.25) is 0 Å². The fourth-order valence-electron chi connectivity index (χ4n) is 3.94. The zero-order chi connectivity index (χ0) is 18.4. The molecule has 0 aromatic carbocycles. The van der Waals surface area contributed by atoms with Crippen LogP contribution in [0, 0.1) is 11.3 Å². The van der Waals surface area contributed by atoms with Gasteiger partial charge in [0.2, 0.25) is 5.91 Å². The standard InChI is InChI=1S/C19H36N4O2.HI/c1-5-6-10-25-16-12-15(19(16,2)3)22-18(21-4)23-9-7-8-14(13-23)11-17(20)24;/h14-16H,5-13H2,1-4H3,(H2,20,24)(H,21,22);1H. The number of aliphatic imine (C=N–C) groups is 1. The summed E-state index contributed by atoms with van der Waals surface area (Å²) in [5.41, 5.74) is 5.48. The molecule has 1 saturated carbocycles. The van der Waals surface area contributed by atoms with Crippen LogP contribution in [0.4, 0.5) is 0 Å². The van der Waals surface area contributed by atoms with E-state index in [-0.39, 0.29) is 35.3 Å². The van der Waals surface area contributed by atoms with E-state index in [1.54, 1.807) is 0 Å². The summed E-state index contributed by atoms with van der Waals surface area (Å²) in [5.74, 6) is 1.07. The highest BCUT2D eigenvalue weighted by atomic mass is 127. The number of rotatable bonds is 7. The second kappa shape index (κ2) is 10.7. The quantitative estimate of drug-likeness (QED) is 0.254. The van der Waals surface area contributed by atoms with Gasteiger partial charge in [0.25, 0.3) is 0 Å². The average Bonchev–Trinajstić information content (AvgIpc) is 2.56. The molecule has 7 heteroatoms. The van der Waals surface area contributed by atoms with Crippen molar-refractivity contribution in [1.29, 1.82) is 0 Å². The first kappa shape index (κ1) is 23.5. The third-order valence-corrected chi connectivity index (χ3v) is 5.82. The van der Waals surface area contributed by atoms with Gasteiger partial charge in [-0.05, 0) is 31.6 Å². The number of carbonyl (C=O) groups excluding carboxylic acids is 1. The summed E-state index contributed by atoms with van der Waals surface area (Å²) < 4.78 is 6.04. The zero-order valence-corrected chi connectivity index (χ0v) is 19.1. The number of hydrogen-bond donors (Lipinski definition) is 2. The summed E-state index contributed by atoms with van der Waals surface area (Å²) in [6.07, 6.45) is 6.25. The van der Waals surface area contributed by atoms with Crippen molar-refractivity contribution >= 4 is 35.8 Å². The Kier molecular flexibility index (Phi) is 9.64. The van der Waals surface area contributed by atoms with Crippen molar-refractivity contribution in [1.82, 2.24) is 10.2 Å². The highest BCUT2D eigenvalue weighted by Crippen LogP contribution is 2.43. The second-order valence-corrected chi connectivity index (χ2v) is 8.14. The molecule has 2 aliphatic rings. The van der Waals surface area contributed by atoms with E-state index in [0.29, 0.717) is 24.5 Å². The Morgan fingerprint density at radius 3 is 2.73 bits per heavy atom. The Bertz CT molecular complexity index is 484. The minimum atomic E-state index is -0.206. The van der Waals surface area contributed by atoms with Gasteiger partial charge in [0.1, 0.15) is 0 Å². The van der Waals surface area contributed by atoms with Gasteiger partial charge in [-0.1, -0.05) is 27.2 Å². The first-order valence-electron chi connectivity index (χ1n) is 9.76. The number of nitrogens with zero attached hydrogens (tertiary/aromatic N) is 2. The molecule has 152 valence electrons. The van der Waals surface area contributed by atoms with Crippen molar-refractivity contribution in [2.75, 3.05) is 26.7 Å². The number of amides is 1. The molecule has 3 atom stereocenters. The minimum Gasteiger partial charge on any atom is -0.378 e. The molecule has 1 saturated heterocycles. The number of guanidine groups is 1. The summed E-state index contributed by atoms with van der Waals surface area (Å²) in [4.78, 5) is 18.0. The van der Waals surface area contributed by atoms with E-state index < -0.39 is 0 Å². The van der Waals surface area contributed by atoms with Crippen molar-refractivity contribution in [3.63, 3.8) is 0 Å². The molecule has 0 aromatic rings.